The summed E-state index contributed by atoms with van der Waals surface area (Å²) in [6.07, 6.45) is 0.684. The molecule has 1 aliphatic heterocycles. The van der Waals surface area contributed by atoms with Gasteiger partial charge in [0.2, 0.25) is 10.0 Å². The molecule has 0 radical (unpaired) electrons. The van der Waals surface area contributed by atoms with Gasteiger partial charge in [0.1, 0.15) is 10.6 Å². The Kier molecular flexibility index (Phi) is 3.48. The van der Waals surface area contributed by atoms with Crippen molar-refractivity contribution in [2.75, 3.05) is 13.1 Å². The van der Waals surface area contributed by atoms with Crippen LogP contribution in [-0.4, -0.2) is 37.0 Å². The molecule has 1 saturated heterocycles. The van der Waals surface area contributed by atoms with Crippen LogP contribution in [0.15, 0.2) is 9.42 Å². The molecule has 0 aliphatic carbocycles. The van der Waals surface area contributed by atoms with Crippen molar-refractivity contribution in [3.8, 4) is 0 Å². The van der Waals surface area contributed by atoms with Gasteiger partial charge in [-0.3, -0.25) is 0 Å². The molecule has 1 fully saturated rings. The van der Waals surface area contributed by atoms with Crippen LogP contribution in [0.25, 0.3) is 0 Å². The van der Waals surface area contributed by atoms with E-state index in [2.05, 4.69) is 5.16 Å². The lowest BCUT2D eigenvalue weighted by molar-refractivity contribution is 0.250. The molecule has 1 aromatic rings. The van der Waals surface area contributed by atoms with Gasteiger partial charge < -0.3 is 10.3 Å². The van der Waals surface area contributed by atoms with Crippen LogP contribution in [0.3, 0.4) is 0 Å². The van der Waals surface area contributed by atoms with Gasteiger partial charge in [-0.1, -0.05) is 12.1 Å². The van der Waals surface area contributed by atoms with Gasteiger partial charge in [0.15, 0.2) is 5.76 Å². The smallest absolute Gasteiger partial charge is 0.248 e. The Morgan fingerprint density at radius 2 is 2.11 bits per heavy atom. The average Bonchev–Trinajstić information content (AvgIpc) is 2.62. The minimum atomic E-state index is -3.51. The lowest BCUT2D eigenvalue weighted by atomic mass is 9.96. The van der Waals surface area contributed by atoms with E-state index in [0.29, 0.717) is 31.0 Å². The third-order valence-corrected chi connectivity index (χ3v) is 5.61. The number of aromatic nitrogens is 1. The van der Waals surface area contributed by atoms with Crippen molar-refractivity contribution in [1.29, 1.82) is 0 Å². The van der Waals surface area contributed by atoms with Crippen LogP contribution in [-0.2, 0) is 10.0 Å². The van der Waals surface area contributed by atoms with Crippen molar-refractivity contribution >= 4 is 10.0 Å². The van der Waals surface area contributed by atoms with Crippen LogP contribution in [0, 0.1) is 19.8 Å². The SMILES string of the molecule is Cc1noc(C)c1S(=O)(=O)N1CCC(N)C(C)C1. The highest BCUT2D eigenvalue weighted by molar-refractivity contribution is 7.89. The first-order valence-corrected chi connectivity index (χ1v) is 7.46. The average molecular weight is 273 g/mol. The Morgan fingerprint density at radius 1 is 1.44 bits per heavy atom. The molecule has 0 saturated carbocycles. The van der Waals surface area contributed by atoms with Gasteiger partial charge in [0.05, 0.1) is 0 Å². The van der Waals surface area contributed by atoms with Gasteiger partial charge in [0.25, 0.3) is 0 Å². The zero-order valence-corrected chi connectivity index (χ0v) is 11.7. The second kappa shape index (κ2) is 4.64. The Bertz CT molecular complexity index is 518. The maximum absolute atomic E-state index is 12.5. The summed E-state index contributed by atoms with van der Waals surface area (Å²) >= 11 is 0. The maximum Gasteiger partial charge on any atom is 0.248 e. The molecule has 2 N–H and O–H groups in total. The number of rotatable bonds is 2. The van der Waals surface area contributed by atoms with E-state index in [1.807, 2.05) is 6.92 Å². The molecular formula is C11H19N3O3S. The minimum absolute atomic E-state index is 0.0705. The predicted molar refractivity (Wildman–Crippen MR) is 66.5 cm³/mol. The van der Waals surface area contributed by atoms with Crippen molar-refractivity contribution in [1.82, 2.24) is 9.46 Å². The van der Waals surface area contributed by atoms with Gasteiger partial charge in [0, 0.05) is 19.1 Å². The van der Waals surface area contributed by atoms with E-state index in [1.54, 1.807) is 13.8 Å². The zero-order chi connectivity index (χ0) is 13.5. The molecule has 18 heavy (non-hydrogen) atoms. The zero-order valence-electron chi connectivity index (χ0n) is 10.9. The van der Waals surface area contributed by atoms with Crippen molar-refractivity contribution in [3.05, 3.63) is 11.5 Å². The number of aryl methyl sites for hydroxylation is 2. The third kappa shape index (κ3) is 2.17. The Morgan fingerprint density at radius 3 is 2.61 bits per heavy atom. The van der Waals surface area contributed by atoms with Gasteiger partial charge in [-0.2, -0.15) is 4.31 Å². The van der Waals surface area contributed by atoms with Crippen LogP contribution in [0.2, 0.25) is 0 Å². The quantitative estimate of drug-likeness (QED) is 0.854. The van der Waals surface area contributed by atoms with Crippen molar-refractivity contribution in [2.24, 2.45) is 11.7 Å². The number of hydrogen-bond donors (Lipinski definition) is 1. The first-order valence-electron chi connectivity index (χ1n) is 6.02. The third-order valence-electron chi connectivity index (χ3n) is 3.50. The molecule has 2 atom stereocenters. The largest absolute Gasteiger partial charge is 0.360 e. The molecule has 0 bridgehead atoms. The number of sulfonamides is 1. The van der Waals surface area contributed by atoms with E-state index in [1.165, 1.54) is 4.31 Å². The highest BCUT2D eigenvalue weighted by Gasteiger charge is 2.35. The first-order chi connectivity index (χ1) is 8.34. The summed E-state index contributed by atoms with van der Waals surface area (Å²) in [6.45, 7) is 6.14. The van der Waals surface area contributed by atoms with Crippen LogP contribution in [0.4, 0.5) is 0 Å². The first kappa shape index (κ1) is 13.5. The summed E-state index contributed by atoms with van der Waals surface area (Å²) in [5.41, 5.74) is 6.32. The van der Waals surface area contributed by atoms with Crippen molar-refractivity contribution < 1.29 is 12.9 Å². The lowest BCUT2D eigenvalue weighted by Gasteiger charge is -2.34. The molecule has 1 aromatic heterocycles. The molecular weight excluding hydrogens is 254 g/mol. The van der Waals surface area contributed by atoms with E-state index in [0.717, 1.165) is 0 Å². The Balaban J connectivity index is 2.33. The molecule has 6 nitrogen and oxygen atoms in total. The van der Waals surface area contributed by atoms with E-state index in [4.69, 9.17) is 10.3 Å². The van der Waals surface area contributed by atoms with Crippen LogP contribution < -0.4 is 5.73 Å². The monoisotopic (exact) mass is 273 g/mol. The second-order valence-corrected chi connectivity index (χ2v) is 6.82. The Labute approximate surface area is 107 Å². The summed E-state index contributed by atoms with van der Waals surface area (Å²) in [5, 5.41) is 3.71. The molecule has 0 spiro atoms. The Hall–Kier alpha value is -0.920. The molecule has 1 aliphatic rings. The number of piperidine rings is 1. The highest BCUT2D eigenvalue weighted by Crippen LogP contribution is 2.27. The van der Waals surface area contributed by atoms with Gasteiger partial charge in [-0.15, -0.1) is 0 Å². The fraction of sp³-hybridized carbons (Fsp3) is 0.727. The van der Waals surface area contributed by atoms with Crippen molar-refractivity contribution in [3.63, 3.8) is 0 Å². The summed E-state index contributed by atoms with van der Waals surface area (Å²) in [6, 6.07) is 0.0705. The van der Waals surface area contributed by atoms with E-state index in [9.17, 15) is 8.42 Å². The van der Waals surface area contributed by atoms with Crippen LogP contribution in [0.1, 0.15) is 24.8 Å². The number of hydrogen-bond acceptors (Lipinski definition) is 5. The molecule has 0 amide bonds. The fourth-order valence-corrected chi connectivity index (χ4v) is 4.16. The predicted octanol–water partition coefficient (Wildman–Crippen LogP) is 0.649. The summed E-state index contributed by atoms with van der Waals surface area (Å²) in [5.74, 6) is 0.504. The molecule has 102 valence electrons. The molecule has 2 rings (SSSR count). The van der Waals surface area contributed by atoms with E-state index >= 15 is 0 Å². The molecule has 0 aromatic carbocycles. The second-order valence-electron chi connectivity index (χ2n) is 4.95. The van der Waals surface area contributed by atoms with Gasteiger partial charge in [-0.05, 0) is 26.2 Å². The normalized spacial score (nSPS) is 26.4. The topological polar surface area (TPSA) is 89.4 Å². The van der Waals surface area contributed by atoms with Crippen molar-refractivity contribution in [2.45, 2.75) is 38.1 Å². The van der Waals surface area contributed by atoms with Crippen LogP contribution >= 0.6 is 0 Å². The van der Waals surface area contributed by atoms with Crippen LogP contribution in [0.5, 0.6) is 0 Å². The molecule has 2 unspecified atom stereocenters. The number of nitrogens with zero attached hydrogens (tertiary/aromatic N) is 2. The number of nitrogens with two attached hydrogens (primary N) is 1. The lowest BCUT2D eigenvalue weighted by Crippen LogP contribution is -2.48. The molecule has 2 heterocycles. The highest BCUT2D eigenvalue weighted by atomic mass is 32.2. The van der Waals surface area contributed by atoms with Gasteiger partial charge >= 0.3 is 0 Å². The summed E-state index contributed by atoms with van der Waals surface area (Å²) < 4.78 is 31.5. The van der Waals surface area contributed by atoms with E-state index < -0.39 is 10.0 Å². The fourth-order valence-electron chi connectivity index (χ4n) is 2.32. The summed E-state index contributed by atoms with van der Waals surface area (Å²) in [7, 11) is -3.51. The summed E-state index contributed by atoms with van der Waals surface area (Å²) in [4.78, 5) is 0.199. The standard InChI is InChI=1S/C11H19N3O3S/c1-7-6-14(5-4-10(7)12)18(15,16)11-8(2)13-17-9(11)3/h7,10H,4-6,12H2,1-3H3. The van der Waals surface area contributed by atoms with E-state index in [-0.39, 0.29) is 16.9 Å². The maximum atomic E-state index is 12.5. The molecule has 7 heteroatoms. The van der Waals surface area contributed by atoms with Gasteiger partial charge in [-0.25, -0.2) is 8.42 Å². The minimum Gasteiger partial charge on any atom is -0.360 e.